The lowest BCUT2D eigenvalue weighted by molar-refractivity contribution is -0.192. The predicted octanol–water partition coefficient (Wildman–Crippen LogP) is 6.04. The average molecular weight is 742 g/mol. The van der Waals surface area contributed by atoms with Gasteiger partial charge in [0.2, 0.25) is 5.91 Å². The zero-order valence-electron chi connectivity index (χ0n) is 27.2. The summed E-state index contributed by atoms with van der Waals surface area (Å²) in [4.78, 5) is 37.8. The largest absolute Gasteiger partial charge is 0.490 e. The highest BCUT2D eigenvalue weighted by molar-refractivity contribution is 7.98. The number of amides is 2. The van der Waals surface area contributed by atoms with E-state index in [9.17, 15) is 44.3 Å². The SMILES string of the molecule is CCCN(CCC)[C@@H]1CC[C@H](NC(=O)CNC(=O)c2cccc(C(F)(F)F)c2)[C@H](CS(=O)(=O)c2ccc(SC)cc2)C1.O=C(O)C(F)(F)F. The Labute approximate surface area is 286 Å². The lowest BCUT2D eigenvalue weighted by Crippen LogP contribution is -2.52. The number of sulfone groups is 1. The molecule has 1 saturated carbocycles. The standard InChI is InChI=1S/C30H40F3N3O4S2.C2HF3O2/c1-4-15-36(16-5-2)24-9-14-27(22(18-24)20-42(39,40)26-12-10-25(41-3)11-13-26)35-28(37)19-34-29(38)21-7-6-8-23(17-21)30(31,32)33;3-2(4,5)1(6)7/h6-8,10-13,17,22,24,27H,4-5,9,14-16,18-20H2,1-3H3,(H,34,38)(H,35,37);(H,6,7)/t22-,24+,27-;/m0./s1. The van der Waals surface area contributed by atoms with E-state index >= 15 is 0 Å². The van der Waals surface area contributed by atoms with Crippen LogP contribution in [0.5, 0.6) is 0 Å². The van der Waals surface area contributed by atoms with Gasteiger partial charge in [-0.25, -0.2) is 13.2 Å². The number of nitrogens with one attached hydrogen (secondary N) is 2. The number of thioether (sulfide) groups is 1. The minimum atomic E-state index is -5.08. The highest BCUT2D eigenvalue weighted by Crippen LogP contribution is 2.32. The molecule has 3 atom stereocenters. The smallest absolute Gasteiger partial charge is 0.475 e. The number of alkyl halides is 6. The van der Waals surface area contributed by atoms with Crippen molar-refractivity contribution >= 4 is 39.4 Å². The molecule has 3 N–H and O–H groups in total. The van der Waals surface area contributed by atoms with Crippen molar-refractivity contribution in [2.45, 2.75) is 80.2 Å². The number of carbonyl (C=O) groups excluding carboxylic acids is 2. The first-order valence-corrected chi connectivity index (χ1v) is 18.4. The number of carboxylic acids is 1. The normalized spacial score (nSPS) is 18.3. The number of rotatable bonds is 13. The second-order valence-corrected chi connectivity index (χ2v) is 14.4. The van der Waals surface area contributed by atoms with Gasteiger partial charge < -0.3 is 20.6 Å². The average Bonchev–Trinajstić information content (AvgIpc) is 3.03. The molecule has 49 heavy (non-hydrogen) atoms. The zero-order valence-corrected chi connectivity index (χ0v) is 28.9. The molecule has 0 radical (unpaired) electrons. The third-order valence-electron chi connectivity index (χ3n) is 7.80. The molecule has 9 nitrogen and oxygen atoms in total. The summed E-state index contributed by atoms with van der Waals surface area (Å²) in [5, 5.41) is 12.4. The number of halogens is 6. The molecule has 0 unspecified atom stereocenters. The summed E-state index contributed by atoms with van der Waals surface area (Å²) in [5.41, 5.74) is -1.16. The lowest BCUT2D eigenvalue weighted by atomic mass is 9.81. The van der Waals surface area contributed by atoms with Crippen LogP contribution in [-0.2, 0) is 25.6 Å². The second-order valence-electron chi connectivity index (χ2n) is 11.5. The molecule has 3 rings (SSSR count). The summed E-state index contributed by atoms with van der Waals surface area (Å²) in [6.07, 6.45) is -3.83. The van der Waals surface area contributed by atoms with Crippen LogP contribution in [0.15, 0.2) is 58.3 Å². The van der Waals surface area contributed by atoms with Crippen LogP contribution in [0.2, 0.25) is 0 Å². The predicted molar refractivity (Wildman–Crippen MR) is 173 cm³/mol. The van der Waals surface area contributed by atoms with Crippen molar-refractivity contribution in [1.82, 2.24) is 15.5 Å². The molecular weight excluding hydrogens is 700 g/mol. The first-order chi connectivity index (χ1) is 22.8. The molecule has 2 amide bonds. The number of carbonyl (C=O) groups is 3. The van der Waals surface area contributed by atoms with Gasteiger partial charge in [0.15, 0.2) is 9.84 Å². The van der Waals surface area contributed by atoms with Crippen molar-refractivity contribution in [3.63, 3.8) is 0 Å². The second kappa shape index (κ2) is 18.6. The summed E-state index contributed by atoms with van der Waals surface area (Å²) in [7, 11) is -3.65. The number of carboxylic acid groups (broad SMARTS) is 1. The first kappa shape index (κ1) is 41.9. The number of hydrogen-bond acceptors (Lipinski definition) is 7. The number of benzene rings is 2. The molecule has 1 aliphatic carbocycles. The third-order valence-corrected chi connectivity index (χ3v) is 10.4. The minimum absolute atomic E-state index is 0.129. The fraction of sp³-hybridized carbons (Fsp3) is 0.531. The van der Waals surface area contributed by atoms with E-state index in [2.05, 4.69) is 29.4 Å². The van der Waals surface area contributed by atoms with Gasteiger partial charge in [0.1, 0.15) is 0 Å². The van der Waals surface area contributed by atoms with E-state index in [-0.39, 0.29) is 28.2 Å². The third kappa shape index (κ3) is 13.5. The topological polar surface area (TPSA) is 133 Å². The highest BCUT2D eigenvalue weighted by atomic mass is 32.2. The van der Waals surface area contributed by atoms with Crippen LogP contribution >= 0.6 is 11.8 Å². The molecular formula is C32H41F6N3O6S2. The molecule has 2 aromatic rings. The minimum Gasteiger partial charge on any atom is -0.475 e. The number of nitrogens with zero attached hydrogens (tertiary/aromatic N) is 1. The molecule has 0 aromatic heterocycles. The van der Waals surface area contributed by atoms with Crippen LogP contribution in [0, 0.1) is 5.92 Å². The Morgan fingerprint density at radius 3 is 2.06 bits per heavy atom. The Hall–Kier alpha value is -3.31. The van der Waals surface area contributed by atoms with Crippen molar-refractivity contribution in [3.05, 3.63) is 59.7 Å². The molecule has 2 aromatic carbocycles. The first-order valence-electron chi connectivity index (χ1n) is 15.5. The fourth-order valence-electron chi connectivity index (χ4n) is 5.51. The van der Waals surface area contributed by atoms with E-state index < -0.39 is 58.1 Å². The van der Waals surface area contributed by atoms with Crippen molar-refractivity contribution in [2.24, 2.45) is 5.92 Å². The summed E-state index contributed by atoms with van der Waals surface area (Å²) >= 11 is 1.52. The van der Waals surface area contributed by atoms with E-state index in [1.807, 2.05) is 6.26 Å². The zero-order chi connectivity index (χ0) is 37.0. The molecule has 0 bridgehead atoms. The van der Waals surface area contributed by atoms with Crippen LogP contribution < -0.4 is 10.6 Å². The molecule has 0 saturated heterocycles. The van der Waals surface area contributed by atoms with Crippen LogP contribution in [0.4, 0.5) is 26.3 Å². The van der Waals surface area contributed by atoms with E-state index in [0.29, 0.717) is 12.8 Å². The van der Waals surface area contributed by atoms with Gasteiger partial charge in [0.25, 0.3) is 5.91 Å². The van der Waals surface area contributed by atoms with E-state index in [4.69, 9.17) is 9.90 Å². The maximum Gasteiger partial charge on any atom is 0.490 e. The van der Waals surface area contributed by atoms with E-state index in [1.54, 1.807) is 24.3 Å². The van der Waals surface area contributed by atoms with Crippen LogP contribution in [0.3, 0.4) is 0 Å². The van der Waals surface area contributed by atoms with Gasteiger partial charge in [-0.1, -0.05) is 19.9 Å². The Morgan fingerprint density at radius 2 is 1.55 bits per heavy atom. The Balaban J connectivity index is 0.00000107. The molecule has 0 aliphatic heterocycles. The Bertz CT molecular complexity index is 1500. The highest BCUT2D eigenvalue weighted by Gasteiger charge is 2.39. The van der Waals surface area contributed by atoms with Crippen LogP contribution in [0.25, 0.3) is 0 Å². The van der Waals surface area contributed by atoms with Gasteiger partial charge in [0, 0.05) is 22.5 Å². The molecule has 274 valence electrons. The Kier molecular flexibility index (Phi) is 15.9. The maximum absolute atomic E-state index is 13.5. The van der Waals surface area contributed by atoms with Crippen LogP contribution in [-0.4, -0.2) is 86.1 Å². The van der Waals surface area contributed by atoms with Crippen molar-refractivity contribution in [2.75, 3.05) is 31.6 Å². The van der Waals surface area contributed by atoms with Gasteiger partial charge in [-0.15, -0.1) is 11.8 Å². The molecule has 0 spiro atoms. The van der Waals surface area contributed by atoms with E-state index in [0.717, 1.165) is 55.4 Å². The lowest BCUT2D eigenvalue weighted by Gasteiger charge is -2.41. The summed E-state index contributed by atoms with van der Waals surface area (Å²) in [5.74, 6) is -4.57. The van der Waals surface area contributed by atoms with Crippen molar-refractivity contribution < 1.29 is 54.3 Å². The number of hydrogen-bond donors (Lipinski definition) is 3. The van der Waals surface area contributed by atoms with Gasteiger partial charge in [-0.3, -0.25) is 9.59 Å². The van der Waals surface area contributed by atoms with Gasteiger partial charge in [-0.2, -0.15) is 26.3 Å². The molecule has 17 heteroatoms. The quantitative estimate of drug-likeness (QED) is 0.167. The summed E-state index contributed by atoms with van der Waals surface area (Å²) < 4.78 is 97.7. The summed E-state index contributed by atoms with van der Waals surface area (Å²) in [6.45, 7) is 5.60. The van der Waals surface area contributed by atoms with Gasteiger partial charge >= 0.3 is 18.3 Å². The van der Waals surface area contributed by atoms with Crippen molar-refractivity contribution in [3.8, 4) is 0 Å². The van der Waals surface area contributed by atoms with Crippen LogP contribution in [0.1, 0.15) is 61.9 Å². The number of aliphatic carboxylic acids is 1. The van der Waals surface area contributed by atoms with Gasteiger partial charge in [-0.05, 0) is 99.8 Å². The van der Waals surface area contributed by atoms with E-state index in [1.165, 1.54) is 17.8 Å². The van der Waals surface area contributed by atoms with Crippen molar-refractivity contribution in [1.29, 1.82) is 0 Å². The fourth-order valence-corrected chi connectivity index (χ4v) is 7.60. The van der Waals surface area contributed by atoms with Gasteiger partial charge in [0.05, 0.1) is 22.8 Å². The molecule has 1 aliphatic rings. The molecule has 1 fully saturated rings. The maximum atomic E-state index is 13.5. The molecule has 0 heterocycles. The Morgan fingerprint density at radius 1 is 0.959 bits per heavy atom. The monoisotopic (exact) mass is 741 g/mol. The summed E-state index contributed by atoms with van der Waals surface area (Å²) in [6, 6.07) is 10.5.